The van der Waals surface area contributed by atoms with Crippen LogP contribution < -0.4 is 0 Å². The van der Waals surface area contributed by atoms with Crippen molar-refractivity contribution in [3.63, 3.8) is 0 Å². The van der Waals surface area contributed by atoms with Gasteiger partial charge < -0.3 is 0 Å². The first-order chi connectivity index (χ1) is 21.9. The summed E-state index contributed by atoms with van der Waals surface area (Å²) in [6.07, 6.45) is 6.06. The minimum Gasteiger partial charge on any atom is -0.299 e. The van der Waals surface area contributed by atoms with Crippen molar-refractivity contribution < 1.29 is 14.0 Å². The molecule has 1 aromatic heterocycles. The van der Waals surface area contributed by atoms with Crippen molar-refractivity contribution in [2.75, 3.05) is 0 Å². The van der Waals surface area contributed by atoms with Crippen LogP contribution in [0.3, 0.4) is 0 Å². The Morgan fingerprint density at radius 1 is 0.891 bits per heavy atom. The average molecular weight is 617 g/mol. The van der Waals surface area contributed by atoms with E-state index in [1.54, 1.807) is 24.4 Å². The van der Waals surface area contributed by atoms with Crippen molar-refractivity contribution in [1.29, 1.82) is 5.26 Å². The van der Waals surface area contributed by atoms with Crippen molar-refractivity contribution in [3.8, 4) is 17.2 Å². The molecular formula is C41H45FN2O2. The monoisotopic (exact) mass is 616 g/mol. The van der Waals surface area contributed by atoms with Gasteiger partial charge in [-0.2, -0.15) is 5.26 Å². The van der Waals surface area contributed by atoms with Gasteiger partial charge >= 0.3 is 0 Å². The van der Waals surface area contributed by atoms with E-state index in [2.05, 4.69) is 38.7 Å². The van der Waals surface area contributed by atoms with Crippen LogP contribution in [0.15, 0.2) is 85.1 Å². The van der Waals surface area contributed by atoms with Gasteiger partial charge in [0, 0.05) is 36.2 Å². The standard InChI is InChI=1S/C41H45FN2O2/c1-28(15-17-30-10-8-13-34(42)24-30)37-25-32(35-14-7-6-11-33(35)27-43)18-20-36(37)39(45)22-19-31-12-9-23-44-38(31)21-16-29(2)40(46)26-41(3,4)5/h6-14,18,20,23-25,28-29H,15-17,19,21-22,26H2,1-5H3. The molecule has 2 atom stereocenters. The molecule has 0 aliphatic heterocycles. The minimum atomic E-state index is -0.253. The Labute approximate surface area is 273 Å². The zero-order valence-corrected chi connectivity index (χ0v) is 27.8. The van der Waals surface area contributed by atoms with Gasteiger partial charge in [-0.05, 0) is 95.5 Å². The molecule has 5 heteroatoms. The zero-order valence-electron chi connectivity index (χ0n) is 27.8. The highest BCUT2D eigenvalue weighted by atomic mass is 19.1. The van der Waals surface area contributed by atoms with Crippen molar-refractivity contribution in [1.82, 2.24) is 4.98 Å². The van der Waals surface area contributed by atoms with Gasteiger partial charge in [-0.1, -0.05) is 89.2 Å². The number of benzene rings is 3. The van der Waals surface area contributed by atoms with Crippen molar-refractivity contribution in [3.05, 3.63) is 124 Å². The van der Waals surface area contributed by atoms with Crippen LogP contribution in [0.2, 0.25) is 0 Å². The van der Waals surface area contributed by atoms with Crippen LogP contribution in [0.1, 0.15) is 105 Å². The maximum Gasteiger partial charge on any atom is 0.163 e. The van der Waals surface area contributed by atoms with Crippen LogP contribution in [0, 0.1) is 28.5 Å². The summed E-state index contributed by atoms with van der Waals surface area (Å²) in [4.78, 5) is 31.2. The lowest BCUT2D eigenvalue weighted by atomic mass is 9.84. The lowest BCUT2D eigenvalue weighted by Crippen LogP contribution is -2.19. The van der Waals surface area contributed by atoms with Gasteiger partial charge in [-0.25, -0.2) is 4.39 Å². The number of hydrogen-bond donors (Lipinski definition) is 0. The van der Waals surface area contributed by atoms with Crippen LogP contribution >= 0.6 is 0 Å². The number of aryl methyl sites for hydroxylation is 3. The summed E-state index contributed by atoms with van der Waals surface area (Å²) in [7, 11) is 0. The highest BCUT2D eigenvalue weighted by Crippen LogP contribution is 2.32. The van der Waals surface area contributed by atoms with E-state index in [0.717, 1.165) is 46.4 Å². The highest BCUT2D eigenvalue weighted by Gasteiger charge is 2.22. The molecule has 2 unspecified atom stereocenters. The van der Waals surface area contributed by atoms with Crippen LogP contribution in [0.5, 0.6) is 0 Å². The first-order valence-corrected chi connectivity index (χ1v) is 16.3. The van der Waals surface area contributed by atoms with E-state index in [1.165, 1.54) is 6.07 Å². The number of halogens is 1. The third-order valence-electron chi connectivity index (χ3n) is 8.67. The molecule has 0 spiro atoms. The Hall–Kier alpha value is -4.43. The largest absolute Gasteiger partial charge is 0.299 e. The van der Waals surface area contributed by atoms with Gasteiger partial charge in [0.1, 0.15) is 11.6 Å². The van der Waals surface area contributed by atoms with Gasteiger partial charge in [0.25, 0.3) is 0 Å². The summed E-state index contributed by atoms with van der Waals surface area (Å²) in [6, 6.07) is 26.2. The minimum absolute atomic E-state index is 0.0255. The van der Waals surface area contributed by atoms with Gasteiger partial charge in [-0.3, -0.25) is 14.6 Å². The summed E-state index contributed by atoms with van der Waals surface area (Å²) < 4.78 is 13.8. The molecule has 46 heavy (non-hydrogen) atoms. The summed E-state index contributed by atoms with van der Waals surface area (Å²) in [6.45, 7) is 10.4. The summed E-state index contributed by atoms with van der Waals surface area (Å²) in [5.74, 6) is 0.0578. The molecule has 0 N–H and O–H groups in total. The summed E-state index contributed by atoms with van der Waals surface area (Å²) in [5.41, 5.74) is 6.78. The lowest BCUT2D eigenvalue weighted by Gasteiger charge is -2.20. The van der Waals surface area contributed by atoms with Crippen LogP contribution in [0.4, 0.5) is 4.39 Å². The molecule has 1 heterocycles. The van der Waals surface area contributed by atoms with Gasteiger partial charge in [-0.15, -0.1) is 0 Å². The molecule has 0 bridgehead atoms. The van der Waals surface area contributed by atoms with Gasteiger partial charge in [0.05, 0.1) is 11.6 Å². The number of rotatable bonds is 14. The predicted molar refractivity (Wildman–Crippen MR) is 183 cm³/mol. The first-order valence-electron chi connectivity index (χ1n) is 16.3. The third-order valence-corrected chi connectivity index (χ3v) is 8.67. The molecule has 238 valence electrons. The van der Waals surface area contributed by atoms with E-state index in [9.17, 15) is 19.2 Å². The number of hydrogen-bond acceptors (Lipinski definition) is 4. The lowest BCUT2D eigenvalue weighted by molar-refractivity contribution is -0.124. The molecule has 0 amide bonds. The summed E-state index contributed by atoms with van der Waals surface area (Å²) >= 11 is 0. The smallest absolute Gasteiger partial charge is 0.163 e. The molecular weight excluding hydrogens is 571 g/mol. The number of Topliss-reactive ketones (excluding diaryl/α,β-unsaturated/α-hetero) is 2. The predicted octanol–water partition coefficient (Wildman–Crippen LogP) is 9.89. The molecule has 0 aliphatic carbocycles. The fourth-order valence-corrected chi connectivity index (χ4v) is 5.97. The molecule has 4 nitrogen and oxygen atoms in total. The summed E-state index contributed by atoms with van der Waals surface area (Å²) in [5, 5.41) is 9.72. The molecule has 0 fully saturated rings. The zero-order chi connectivity index (χ0) is 33.3. The van der Waals surface area contributed by atoms with E-state index in [-0.39, 0.29) is 34.6 Å². The Balaban J connectivity index is 1.54. The van der Waals surface area contributed by atoms with Gasteiger partial charge in [0.15, 0.2) is 5.78 Å². The van der Waals surface area contributed by atoms with Crippen molar-refractivity contribution in [2.24, 2.45) is 11.3 Å². The van der Waals surface area contributed by atoms with Crippen LogP contribution in [0.25, 0.3) is 11.1 Å². The Kier molecular flexibility index (Phi) is 11.8. The van der Waals surface area contributed by atoms with Crippen molar-refractivity contribution in [2.45, 2.75) is 85.5 Å². The average Bonchev–Trinajstić information content (AvgIpc) is 3.04. The maximum absolute atomic E-state index is 13.9. The molecule has 4 aromatic rings. The van der Waals surface area contributed by atoms with E-state index in [0.29, 0.717) is 43.2 Å². The van der Waals surface area contributed by atoms with Crippen LogP contribution in [-0.2, 0) is 24.1 Å². The third kappa shape index (κ3) is 9.54. The first kappa shape index (κ1) is 34.4. The fraction of sp³-hybridized carbons (Fsp3) is 0.366. The number of ketones is 2. The topological polar surface area (TPSA) is 70.8 Å². The quantitative estimate of drug-likeness (QED) is 0.132. The van der Waals surface area contributed by atoms with E-state index >= 15 is 0 Å². The molecule has 3 aromatic carbocycles. The second-order valence-electron chi connectivity index (χ2n) is 13.7. The van der Waals surface area contributed by atoms with E-state index < -0.39 is 0 Å². The molecule has 0 radical (unpaired) electrons. The number of nitrogens with zero attached hydrogens (tertiary/aromatic N) is 2. The number of aromatic nitrogens is 1. The Morgan fingerprint density at radius 3 is 2.41 bits per heavy atom. The molecule has 0 saturated carbocycles. The number of carbonyl (C=O) groups is 2. The fourth-order valence-electron chi connectivity index (χ4n) is 5.97. The van der Waals surface area contributed by atoms with Crippen LogP contribution in [-0.4, -0.2) is 16.6 Å². The SMILES string of the molecule is CC(CCc1ncccc1CCC(=O)c1ccc(-c2ccccc2C#N)cc1C(C)CCc1cccc(F)c1)C(=O)CC(C)(C)C. The van der Waals surface area contributed by atoms with E-state index in [1.807, 2.05) is 61.5 Å². The maximum atomic E-state index is 13.9. The second kappa shape index (κ2) is 15.7. The molecule has 0 saturated heterocycles. The molecule has 0 aliphatic rings. The van der Waals surface area contributed by atoms with Crippen molar-refractivity contribution >= 4 is 11.6 Å². The Bertz CT molecular complexity index is 1710. The second-order valence-corrected chi connectivity index (χ2v) is 13.7. The molecule has 4 rings (SSSR count). The van der Waals surface area contributed by atoms with Gasteiger partial charge in [0.2, 0.25) is 0 Å². The number of nitriles is 1. The number of pyridine rings is 1. The van der Waals surface area contributed by atoms with E-state index in [4.69, 9.17) is 0 Å². The normalized spacial score (nSPS) is 12.7. The Morgan fingerprint density at radius 2 is 1.67 bits per heavy atom. The number of carbonyl (C=O) groups excluding carboxylic acids is 2. The highest BCUT2D eigenvalue weighted by molar-refractivity contribution is 5.98.